The maximum absolute atomic E-state index is 13.5. The SMILES string of the molecule is COCCCN(CC(=O)N(Cc1ccc(F)cc1)Cc1sccc1C)C(=O)Nc1cccc(Br)c1. The summed E-state index contributed by atoms with van der Waals surface area (Å²) < 4.78 is 19.4. The number of benzene rings is 2. The lowest BCUT2D eigenvalue weighted by atomic mass is 10.2. The van der Waals surface area contributed by atoms with Crippen molar-refractivity contribution < 1.29 is 18.7 Å². The summed E-state index contributed by atoms with van der Waals surface area (Å²) in [5, 5.41) is 4.86. The molecule has 6 nitrogen and oxygen atoms in total. The minimum atomic E-state index is -0.360. The van der Waals surface area contributed by atoms with Gasteiger partial charge in [-0.05, 0) is 66.2 Å². The molecule has 1 N–H and O–H groups in total. The largest absolute Gasteiger partial charge is 0.385 e. The maximum atomic E-state index is 13.5. The fraction of sp³-hybridized carbons (Fsp3) is 0.308. The van der Waals surface area contributed by atoms with Crippen molar-refractivity contribution in [2.24, 2.45) is 0 Å². The number of anilines is 1. The number of halogens is 2. The summed E-state index contributed by atoms with van der Waals surface area (Å²) in [6.07, 6.45) is 0.595. The number of nitrogens with one attached hydrogen (secondary N) is 1. The van der Waals surface area contributed by atoms with E-state index in [4.69, 9.17) is 4.74 Å². The number of carbonyl (C=O) groups excluding carboxylic acids is 2. The van der Waals surface area contributed by atoms with Crippen molar-refractivity contribution in [3.05, 3.63) is 86.3 Å². The van der Waals surface area contributed by atoms with E-state index in [1.54, 1.807) is 47.6 Å². The molecule has 1 heterocycles. The van der Waals surface area contributed by atoms with Crippen LogP contribution in [-0.4, -0.2) is 48.5 Å². The summed E-state index contributed by atoms with van der Waals surface area (Å²) in [4.78, 5) is 30.9. The quantitative estimate of drug-likeness (QED) is 0.289. The van der Waals surface area contributed by atoms with Crippen molar-refractivity contribution in [1.82, 2.24) is 9.80 Å². The summed E-state index contributed by atoms with van der Waals surface area (Å²) >= 11 is 4.99. The van der Waals surface area contributed by atoms with E-state index in [0.717, 1.165) is 20.5 Å². The summed E-state index contributed by atoms with van der Waals surface area (Å²) in [7, 11) is 1.60. The Morgan fingerprint density at radius 2 is 1.86 bits per heavy atom. The molecule has 1 aromatic heterocycles. The first-order chi connectivity index (χ1) is 16.9. The lowest BCUT2D eigenvalue weighted by Crippen LogP contribution is -2.44. The number of thiophene rings is 1. The van der Waals surface area contributed by atoms with E-state index in [1.165, 1.54) is 17.0 Å². The zero-order valence-corrected chi connectivity index (χ0v) is 22.2. The van der Waals surface area contributed by atoms with Crippen molar-refractivity contribution in [1.29, 1.82) is 0 Å². The highest BCUT2D eigenvalue weighted by atomic mass is 79.9. The van der Waals surface area contributed by atoms with E-state index in [9.17, 15) is 14.0 Å². The first kappa shape index (κ1) is 26.8. The molecule has 0 bridgehead atoms. The molecule has 0 atom stereocenters. The zero-order valence-electron chi connectivity index (χ0n) is 19.8. The van der Waals surface area contributed by atoms with E-state index in [-0.39, 0.29) is 24.3 Å². The van der Waals surface area contributed by atoms with Crippen molar-refractivity contribution >= 4 is 44.9 Å². The molecule has 0 saturated carbocycles. The minimum absolute atomic E-state index is 0.0881. The predicted octanol–water partition coefficient (Wildman–Crippen LogP) is 6.06. The first-order valence-corrected chi connectivity index (χ1v) is 12.9. The van der Waals surface area contributed by atoms with E-state index in [2.05, 4.69) is 21.2 Å². The van der Waals surface area contributed by atoms with Gasteiger partial charge in [0, 0.05) is 41.8 Å². The molecule has 3 rings (SSSR count). The second-order valence-corrected chi connectivity index (χ2v) is 10.0. The smallest absolute Gasteiger partial charge is 0.322 e. The molecule has 0 aliphatic heterocycles. The van der Waals surface area contributed by atoms with E-state index >= 15 is 0 Å². The van der Waals surface area contributed by atoms with Crippen molar-refractivity contribution in [3.63, 3.8) is 0 Å². The van der Waals surface area contributed by atoms with Crippen LogP contribution in [0, 0.1) is 12.7 Å². The second kappa shape index (κ2) is 13.4. The third-order valence-corrected chi connectivity index (χ3v) is 6.91. The van der Waals surface area contributed by atoms with E-state index < -0.39 is 0 Å². The summed E-state index contributed by atoms with van der Waals surface area (Å²) in [5.41, 5.74) is 2.56. The lowest BCUT2D eigenvalue weighted by molar-refractivity contribution is -0.133. The van der Waals surface area contributed by atoms with Crippen molar-refractivity contribution in [2.75, 3.05) is 32.1 Å². The Kier molecular flexibility index (Phi) is 10.3. The molecule has 2 aromatic carbocycles. The Morgan fingerprint density at radius 1 is 1.09 bits per heavy atom. The first-order valence-electron chi connectivity index (χ1n) is 11.2. The minimum Gasteiger partial charge on any atom is -0.385 e. The van der Waals surface area contributed by atoms with Gasteiger partial charge in [-0.2, -0.15) is 0 Å². The predicted molar refractivity (Wildman–Crippen MR) is 141 cm³/mol. The van der Waals surface area contributed by atoms with Crippen LogP contribution < -0.4 is 5.32 Å². The van der Waals surface area contributed by atoms with Crippen molar-refractivity contribution in [2.45, 2.75) is 26.4 Å². The molecule has 0 aliphatic rings. The number of ether oxygens (including phenoxy) is 1. The Balaban J connectivity index is 1.77. The highest BCUT2D eigenvalue weighted by Gasteiger charge is 2.23. The number of rotatable bonds is 11. The van der Waals surface area contributed by atoms with Crippen LogP contribution >= 0.6 is 27.3 Å². The van der Waals surface area contributed by atoms with Crippen LogP contribution in [0.3, 0.4) is 0 Å². The molecule has 0 spiro atoms. The Bertz CT molecular complexity index is 1120. The molecule has 3 aromatic rings. The number of nitrogens with zero attached hydrogens (tertiary/aromatic N) is 2. The summed E-state index contributed by atoms with van der Waals surface area (Å²) in [5.74, 6) is -0.516. The van der Waals surface area contributed by atoms with Gasteiger partial charge < -0.3 is 19.9 Å². The summed E-state index contributed by atoms with van der Waals surface area (Å²) in [6.45, 7) is 3.49. The van der Waals surface area contributed by atoms with Gasteiger partial charge in [0.1, 0.15) is 12.4 Å². The third-order valence-electron chi connectivity index (χ3n) is 5.41. The summed E-state index contributed by atoms with van der Waals surface area (Å²) in [6, 6.07) is 15.1. The Labute approximate surface area is 217 Å². The Hall–Kier alpha value is -2.75. The molecule has 3 amide bonds. The fourth-order valence-electron chi connectivity index (χ4n) is 3.47. The van der Waals surface area contributed by atoms with E-state index in [1.807, 2.05) is 30.5 Å². The number of hydrogen-bond acceptors (Lipinski definition) is 4. The highest BCUT2D eigenvalue weighted by molar-refractivity contribution is 9.10. The standard InChI is InChI=1S/C26H29BrFN3O3S/c1-19-11-14-35-24(19)17-31(16-20-7-9-22(28)10-8-20)25(32)18-30(12-4-13-34-2)26(33)29-23-6-3-5-21(27)15-23/h3,5-11,14-15H,4,12-13,16-18H2,1-2H3,(H,29,33). The molecule has 186 valence electrons. The molecule has 0 saturated heterocycles. The van der Waals surface area contributed by atoms with Crippen LogP contribution in [0.25, 0.3) is 0 Å². The van der Waals surface area contributed by atoms with Gasteiger partial charge in [-0.25, -0.2) is 9.18 Å². The van der Waals surface area contributed by atoms with Crippen LogP contribution in [-0.2, 0) is 22.6 Å². The lowest BCUT2D eigenvalue weighted by Gasteiger charge is -2.28. The van der Waals surface area contributed by atoms with Gasteiger partial charge >= 0.3 is 6.03 Å². The molecule has 0 unspecified atom stereocenters. The van der Waals surface area contributed by atoms with Crippen molar-refractivity contribution in [3.8, 4) is 0 Å². The number of methoxy groups -OCH3 is 1. The molecule has 0 radical (unpaired) electrons. The normalized spacial score (nSPS) is 10.7. The molecule has 0 fully saturated rings. The average molecular weight is 563 g/mol. The number of urea groups is 1. The Morgan fingerprint density at radius 3 is 2.51 bits per heavy atom. The molecular formula is C26H29BrFN3O3S. The van der Waals surface area contributed by atoms with Gasteiger partial charge in [0.2, 0.25) is 5.91 Å². The van der Waals surface area contributed by atoms with Crippen LogP contribution in [0.15, 0.2) is 64.5 Å². The van der Waals surface area contributed by atoms with Gasteiger partial charge in [-0.1, -0.05) is 34.1 Å². The van der Waals surface area contributed by atoms with Gasteiger partial charge in [-0.3, -0.25) is 4.79 Å². The highest BCUT2D eigenvalue weighted by Crippen LogP contribution is 2.20. The van der Waals surface area contributed by atoms with E-state index in [0.29, 0.717) is 38.3 Å². The van der Waals surface area contributed by atoms with Gasteiger partial charge in [0.05, 0.1) is 6.54 Å². The molecule has 0 aliphatic carbocycles. The van der Waals surface area contributed by atoms with Crippen LogP contribution in [0.1, 0.15) is 22.4 Å². The van der Waals surface area contributed by atoms with Gasteiger partial charge in [0.15, 0.2) is 0 Å². The second-order valence-electron chi connectivity index (χ2n) is 8.11. The van der Waals surface area contributed by atoms with Crippen LogP contribution in [0.2, 0.25) is 0 Å². The number of hydrogen-bond donors (Lipinski definition) is 1. The number of amides is 3. The zero-order chi connectivity index (χ0) is 25.2. The average Bonchev–Trinajstić information content (AvgIpc) is 3.23. The number of carbonyl (C=O) groups is 2. The van der Waals surface area contributed by atoms with Crippen LogP contribution in [0.4, 0.5) is 14.9 Å². The van der Waals surface area contributed by atoms with Gasteiger partial charge in [-0.15, -0.1) is 11.3 Å². The monoisotopic (exact) mass is 561 g/mol. The number of aryl methyl sites for hydroxylation is 1. The van der Waals surface area contributed by atoms with Gasteiger partial charge in [0.25, 0.3) is 0 Å². The molecular weight excluding hydrogens is 533 g/mol. The fourth-order valence-corrected chi connectivity index (χ4v) is 4.79. The topological polar surface area (TPSA) is 61.9 Å². The van der Waals surface area contributed by atoms with Crippen LogP contribution in [0.5, 0.6) is 0 Å². The molecule has 9 heteroatoms. The third kappa shape index (κ3) is 8.45. The maximum Gasteiger partial charge on any atom is 0.322 e. The molecule has 35 heavy (non-hydrogen) atoms.